The van der Waals surface area contributed by atoms with E-state index >= 15 is 0 Å². The van der Waals surface area contributed by atoms with Gasteiger partial charge >= 0.3 is 0 Å². The third-order valence-corrected chi connectivity index (χ3v) is 4.52. The van der Waals surface area contributed by atoms with Crippen molar-refractivity contribution in [2.45, 2.75) is 57.8 Å². The lowest BCUT2D eigenvalue weighted by Gasteiger charge is -2.08. The van der Waals surface area contributed by atoms with Crippen molar-refractivity contribution in [2.75, 3.05) is 37.8 Å². The maximum Gasteiger partial charge on any atom is 0.0466 e. The van der Waals surface area contributed by atoms with E-state index in [0.29, 0.717) is 0 Å². The number of ether oxygens (including phenoxy) is 1. The summed E-state index contributed by atoms with van der Waals surface area (Å²) >= 11 is 2.09. The summed E-state index contributed by atoms with van der Waals surface area (Å²) in [5.41, 5.74) is 0. The van der Waals surface area contributed by atoms with E-state index in [-0.39, 0.29) is 0 Å². The highest BCUT2D eigenvalue weighted by Gasteiger charge is 1.96. The van der Waals surface area contributed by atoms with Crippen LogP contribution in [0.2, 0.25) is 0 Å². The van der Waals surface area contributed by atoms with E-state index in [1.807, 2.05) is 0 Å². The van der Waals surface area contributed by atoms with E-state index in [1.54, 1.807) is 0 Å². The van der Waals surface area contributed by atoms with Crippen LogP contribution in [-0.4, -0.2) is 37.8 Å². The van der Waals surface area contributed by atoms with Gasteiger partial charge in [-0.25, -0.2) is 0 Å². The molecule has 0 saturated carbocycles. The van der Waals surface area contributed by atoms with Crippen molar-refractivity contribution in [2.24, 2.45) is 0 Å². The summed E-state index contributed by atoms with van der Waals surface area (Å²) in [5, 5.41) is 3.28. The predicted molar refractivity (Wildman–Crippen MR) is 82.6 cm³/mol. The monoisotopic (exact) mass is 273 g/mol. The van der Waals surface area contributed by atoms with Gasteiger partial charge in [-0.15, -0.1) is 0 Å². The van der Waals surface area contributed by atoms with Crippen molar-refractivity contribution < 1.29 is 4.74 Å². The van der Waals surface area contributed by atoms with Gasteiger partial charge in [0, 0.05) is 13.2 Å². The number of thioether (sulfide) groups is 1. The van der Waals surface area contributed by atoms with Crippen LogP contribution in [0.5, 0.6) is 0 Å². The number of rotatable bonds is 0. The van der Waals surface area contributed by atoms with Crippen LogP contribution in [0.1, 0.15) is 57.8 Å². The van der Waals surface area contributed by atoms with E-state index in [2.05, 4.69) is 17.1 Å². The van der Waals surface area contributed by atoms with E-state index in [0.717, 1.165) is 13.2 Å². The van der Waals surface area contributed by atoms with Crippen LogP contribution in [0.4, 0.5) is 0 Å². The zero-order valence-electron chi connectivity index (χ0n) is 11.9. The lowest BCUT2D eigenvalue weighted by atomic mass is 10.2. The third-order valence-electron chi connectivity index (χ3n) is 3.36. The van der Waals surface area contributed by atoms with Crippen LogP contribution in [0, 0.1) is 0 Å². The fourth-order valence-corrected chi connectivity index (χ4v) is 3.20. The molecular weight excluding hydrogens is 242 g/mol. The molecule has 0 aliphatic carbocycles. The molecule has 3 heteroatoms. The maximum absolute atomic E-state index is 5.07. The Balaban J connectivity index is 0.000000135. The highest BCUT2D eigenvalue weighted by molar-refractivity contribution is 7.99. The molecule has 0 spiro atoms. The first-order valence-electron chi connectivity index (χ1n) is 7.86. The molecule has 3 aliphatic heterocycles. The largest absolute Gasteiger partial charge is 0.381 e. The Kier molecular flexibility index (Phi) is 12.4. The standard InChI is InChI=1S/C5H11N.C5H10O.C5H10S/c3*1-2-4-6-5-3-1/h6H,1-5H2;2*1-5H2. The Morgan fingerprint density at radius 2 is 1.17 bits per heavy atom. The summed E-state index contributed by atoms with van der Waals surface area (Å²) in [6.45, 7) is 4.50. The minimum Gasteiger partial charge on any atom is -0.381 e. The van der Waals surface area contributed by atoms with Crippen molar-refractivity contribution in [1.82, 2.24) is 5.32 Å². The zero-order chi connectivity index (χ0) is 12.7. The zero-order valence-corrected chi connectivity index (χ0v) is 12.7. The van der Waals surface area contributed by atoms with Gasteiger partial charge in [-0.3, -0.25) is 0 Å². The van der Waals surface area contributed by atoms with Gasteiger partial charge in [-0.05, 0) is 69.5 Å². The molecule has 3 fully saturated rings. The summed E-state index contributed by atoms with van der Waals surface area (Å²) in [6.07, 6.45) is 12.6. The van der Waals surface area contributed by atoms with Crippen LogP contribution in [0.3, 0.4) is 0 Å². The molecule has 18 heavy (non-hydrogen) atoms. The van der Waals surface area contributed by atoms with Crippen LogP contribution in [0.25, 0.3) is 0 Å². The van der Waals surface area contributed by atoms with Crippen molar-refractivity contribution in [3.05, 3.63) is 0 Å². The fraction of sp³-hybridized carbons (Fsp3) is 1.00. The molecule has 0 aromatic carbocycles. The molecule has 0 aromatic heterocycles. The second kappa shape index (κ2) is 13.7. The Labute approximate surface area is 118 Å². The van der Waals surface area contributed by atoms with Gasteiger partial charge in [0.1, 0.15) is 0 Å². The van der Waals surface area contributed by atoms with Crippen molar-refractivity contribution in [3.8, 4) is 0 Å². The third kappa shape index (κ3) is 11.4. The lowest BCUT2D eigenvalue weighted by molar-refractivity contribution is 0.0968. The van der Waals surface area contributed by atoms with Gasteiger partial charge in [-0.2, -0.15) is 11.8 Å². The van der Waals surface area contributed by atoms with Crippen LogP contribution in [-0.2, 0) is 4.74 Å². The van der Waals surface area contributed by atoms with Crippen LogP contribution < -0.4 is 5.32 Å². The molecule has 0 aromatic rings. The first kappa shape index (κ1) is 16.3. The first-order valence-corrected chi connectivity index (χ1v) is 9.02. The lowest BCUT2D eigenvalue weighted by Crippen LogP contribution is -2.21. The van der Waals surface area contributed by atoms with Crippen LogP contribution >= 0.6 is 11.8 Å². The smallest absolute Gasteiger partial charge is 0.0466 e. The minimum atomic E-state index is 1.00. The second-order valence-corrected chi connectivity index (χ2v) is 6.38. The van der Waals surface area contributed by atoms with Gasteiger partial charge in [0.25, 0.3) is 0 Å². The number of piperidine rings is 1. The Morgan fingerprint density at radius 3 is 1.33 bits per heavy atom. The van der Waals surface area contributed by atoms with Gasteiger partial charge in [0.05, 0.1) is 0 Å². The molecule has 1 N–H and O–H groups in total. The maximum atomic E-state index is 5.07. The summed E-state index contributed by atoms with van der Waals surface area (Å²) in [6, 6.07) is 0. The van der Waals surface area contributed by atoms with E-state index in [4.69, 9.17) is 4.74 Å². The van der Waals surface area contributed by atoms with Crippen molar-refractivity contribution >= 4 is 11.8 Å². The van der Waals surface area contributed by atoms with E-state index in [9.17, 15) is 0 Å². The molecule has 0 bridgehead atoms. The molecule has 0 unspecified atom stereocenters. The minimum absolute atomic E-state index is 1.00. The average molecular weight is 273 g/mol. The number of hydrogen-bond donors (Lipinski definition) is 1. The van der Waals surface area contributed by atoms with Crippen LogP contribution in [0.15, 0.2) is 0 Å². The normalized spacial score (nSPS) is 24.0. The molecule has 0 amide bonds. The molecule has 3 heterocycles. The predicted octanol–water partition coefficient (Wildman–Crippen LogP) is 3.85. The topological polar surface area (TPSA) is 21.3 Å². The SMILES string of the molecule is C1CCNCC1.C1CCOCC1.C1CCSCC1. The molecule has 108 valence electrons. The Bertz CT molecular complexity index is 91.5. The first-order chi connectivity index (χ1) is 9.00. The highest BCUT2D eigenvalue weighted by Crippen LogP contribution is 2.14. The molecule has 0 atom stereocenters. The van der Waals surface area contributed by atoms with Crippen molar-refractivity contribution in [3.63, 3.8) is 0 Å². The number of hydrogen-bond acceptors (Lipinski definition) is 3. The summed E-state index contributed by atoms with van der Waals surface area (Å²) < 4.78 is 5.07. The molecule has 3 rings (SSSR count). The van der Waals surface area contributed by atoms with Gasteiger partial charge in [-0.1, -0.05) is 12.8 Å². The molecule has 0 radical (unpaired) electrons. The second-order valence-electron chi connectivity index (χ2n) is 5.16. The Hall–Kier alpha value is 0.270. The van der Waals surface area contributed by atoms with Crippen molar-refractivity contribution in [1.29, 1.82) is 0 Å². The molecule has 3 aliphatic rings. The summed E-state index contributed by atoms with van der Waals surface area (Å²) in [5.74, 6) is 2.83. The summed E-state index contributed by atoms with van der Waals surface area (Å²) in [4.78, 5) is 0. The molecule has 2 nitrogen and oxygen atoms in total. The van der Waals surface area contributed by atoms with E-state index < -0.39 is 0 Å². The summed E-state index contributed by atoms with van der Waals surface area (Å²) in [7, 11) is 0. The highest BCUT2D eigenvalue weighted by atomic mass is 32.2. The fourth-order valence-electron chi connectivity index (χ4n) is 2.18. The van der Waals surface area contributed by atoms with Gasteiger partial charge in [0.2, 0.25) is 0 Å². The quantitative estimate of drug-likeness (QED) is 0.724. The molecule has 3 saturated heterocycles. The van der Waals surface area contributed by atoms with Gasteiger partial charge < -0.3 is 10.1 Å². The van der Waals surface area contributed by atoms with E-state index in [1.165, 1.54) is 82.4 Å². The number of nitrogens with one attached hydrogen (secondary N) is 1. The molecular formula is C15H31NOS. The average Bonchev–Trinajstić information content (AvgIpc) is 2.54. The Morgan fingerprint density at radius 1 is 0.611 bits per heavy atom. The van der Waals surface area contributed by atoms with Gasteiger partial charge in [0.15, 0.2) is 0 Å².